The van der Waals surface area contributed by atoms with Gasteiger partial charge in [-0.25, -0.2) is 4.98 Å². The van der Waals surface area contributed by atoms with Gasteiger partial charge >= 0.3 is 0 Å². The molecule has 1 N–H and O–H groups in total. The summed E-state index contributed by atoms with van der Waals surface area (Å²) in [4.78, 5) is 31.1. The molecule has 27 heavy (non-hydrogen) atoms. The van der Waals surface area contributed by atoms with Crippen molar-refractivity contribution in [3.63, 3.8) is 0 Å². The number of fused-ring (bicyclic) bond motifs is 1. The number of para-hydroxylation sites is 2. The minimum absolute atomic E-state index is 0.103. The number of nitrogens with one attached hydrogen (secondary N) is 1. The summed E-state index contributed by atoms with van der Waals surface area (Å²) in [6.45, 7) is 4.72. The standard InChI is InChI=1S/C21H30N4O2/c1-2-9-20(26)22-13-8-12-19-23-17-10-4-5-11-18(17)25(19)16-21(27)24-14-6-3-7-15-24/h4-5,10-11H,2-3,6-9,12-16H2,1H3,(H,22,26). The number of aromatic nitrogens is 2. The van der Waals surface area contributed by atoms with Gasteiger partial charge in [0.05, 0.1) is 11.0 Å². The second-order valence-electron chi connectivity index (χ2n) is 7.25. The molecule has 1 saturated heterocycles. The zero-order valence-electron chi connectivity index (χ0n) is 16.2. The summed E-state index contributed by atoms with van der Waals surface area (Å²) >= 11 is 0. The average Bonchev–Trinajstić information content (AvgIpc) is 3.03. The predicted molar refractivity (Wildman–Crippen MR) is 106 cm³/mol. The van der Waals surface area contributed by atoms with Crippen LogP contribution in [0.15, 0.2) is 24.3 Å². The number of benzene rings is 1. The maximum Gasteiger partial charge on any atom is 0.242 e. The molecule has 2 amide bonds. The predicted octanol–water partition coefficient (Wildman–Crippen LogP) is 2.90. The number of piperidine rings is 1. The molecule has 0 spiro atoms. The molecule has 0 bridgehead atoms. The normalized spacial score (nSPS) is 14.5. The number of nitrogens with zero attached hydrogens (tertiary/aromatic N) is 3. The van der Waals surface area contributed by atoms with E-state index in [1.807, 2.05) is 36.1 Å². The molecular weight excluding hydrogens is 340 g/mol. The lowest BCUT2D eigenvalue weighted by molar-refractivity contribution is -0.132. The molecule has 0 atom stereocenters. The van der Waals surface area contributed by atoms with E-state index in [1.165, 1.54) is 6.42 Å². The highest BCUT2D eigenvalue weighted by Gasteiger charge is 2.19. The molecule has 2 heterocycles. The average molecular weight is 370 g/mol. The number of rotatable bonds is 8. The molecule has 0 aliphatic carbocycles. The zero-order chi connectivity index (χ0) is 19.1. The van der Waals surface area contributed by atoms with E-state index in [4.69, 9.17) is 4.98 Å². The SMILES string of the molecule is CCCC(=O)NCCCc1nc2ccccc2n1CC(=O)N1CCCCC1. The van der Waals surface area contributed by atoms with Gasteiger partial charge in [0, 0.05) is 32.5 Å². The third-order valence-corrected chi connectivity index (χ3v) is 5.11. The molecule has 0 radical (unpaired) electrons. The Balaban J connectivity index is 1.67. The Labute approximate surface area is 160 Å². The topological polar surface area (TPSA) is 67.2 Å². The Morgan fingerprint density at radius 3 is 2.70 bits per heavy atom. The minimum Gasteiger partial charge on any atom is -0.356 e. The van der Waals surface area contributed by atoms with Crippen molar-refractivity contribution in [3.05, 3.63) is 30.1 Å². The molecule has 146 valence electrons. The Hall–Kier alpha value is -2.37. The second-order valence-corrected chi connectivity index (χ2v) is 7.25. The highest BCUT2D eigenvalue weighted by molar-refractivity contribution is 5.81. The monoisotopic (exact) mass is 370 g/mol. The van der Waals surface area contributed by atoms with E-state index in [0.717, 1.165) is 62.1 Å². The molecule has 1 aliphatic heterocycles. The van der Waals surface area contributed by atoms with Crippen LogP contribution in [0.1, 0.15) is 51.3 Å². The molecular formula is C21H30N4O2. The number of amides is 2. The van der Waals surface area contributed by atoms with E-state index < -0.39 is 0 Å². The van der Waals surface area contributed by atoms with Gasteiger partial charge in [0.25, 0.3) is 0 Å². The van der Waals surface area contributed by atoms with Gasteiger partial charge in [-0.05, 0) is 44.2 Å². The molecule has 1 aromatic heterocycles. The van der Waals surface area contributed by atoms with Crippen LogP contribution in [0.2, 0.25) is 0 Å². The first-order valence-corrected chi connectivity index (χ1v) is 10.2. The minimum atomic E-state index is 0.103. The van der Waals surface area contributed by atoms with Gasteiger partial charge in [-0.2, -0.15) is 0 Å². The third-order valence-electron chi connectivity index (χ3n) is 5.11. The molecule has 1 aliphatic rings. The Morgan fingerprint density at radius 2 is 1.93 bits per heavy atom. The third kappa shape index (κ3) is 5.08. The smallest absolute Gasteiger partial charge is 0.242 e. The second kappa shape index (κ2) is 9.53. The van der Waals surface area contributed by atoms with Crippen molar-refractivity contribution in [1.82, 2.24) is 19.8 Å². The van der Waals surface area contributed by atoms with Crippen molar-refractivity contribution < 1.29 is 9.59 Å². The highest BCUT2D eigenvalue weighted by atomic mass is 16.2. The molecule has 3 rings (SSSR count). The molecule has 1 fully saturated rings. The molecule has 6 nitrogen and oxygen atoms in total. The quantitative estimate of drug-likeness (QED) is 0.727. The number of carbonyl (C=O) groups is 2. The first-order valence-electron chi connectivity index (χ1n) is 10.2. The molecule has 6 heteroatoms. The molecule has 0 unspecified atom stereocenters. The Morgan fingerprint density at radius 1 is 1.15 bits per heavy atom. The van der Waals surface area contributed by atoms with Crippen molar-refractivity contribution in [2.45, 2.75) is 58.4 Å². The molecule has 1 aromatic carbocycles. The highest BCUT2D eigenvalue weighted by Crippen LogP contribution is 2.18. The van der Waals surface area contributed by atoms with Crippen LogP contribution in [0.3, 0.4) is 0 Å². The van der Waals surface area contributed by atoms with E-state index in [2.05, 4.69) is 9.88 Å². The lowest BCUT2D eigenvalue weighted by atomic mass is 10.1. The van der Waals surface area contributed by atoms with Crippen LogP contribution in [0.4, 0.5) is 0 Å². The van der Waals surface area contributed by atoms with Crippen LogP contribution in [0, 0.1) is 0 Å². The fourth-order valence-electron chi connectivity index (χ4n) is 3.66. The summed E-state index contributed by atoms with van der Waals surface area (Å²) in [5.41, 5.74) is 1.93. The van der Waals surface area contributed by atoms with Gasteiger partial charge in [-0.15, -0.1) is 0 Å². The van der Waals surface area contributed by atoms with Crippen LogP contribution in [-0.2, 0) is 22.6 Å². The maximum atomic E-state index is 12.8. The van der Waals surface area contributed by atoms with Crippen LogP contribution >= 0.6 is 0 Å². The number of carbonyl (C=O) groups excluding carboxylic acids is 2. The molecule has 2 aromatic rings. The first kappa shape index (κ1) is 19.4. The van der Waals surface area contributed by atoms with Crippen LogP contribution in [0.5, 0.6) is 0 Å². The lowest BCUT2D eigenvalue weighted by Crippen LogP contribution is -2.38. The number of aryl methyl sites for hydroxylation is 1. The van der Waals surface area contributed by atoms with Gasteiger partial charge in [0.1, 0.15) is 12.4 Å². The molecule has 0 saturated carbocycles. The van der Waals surface area contributed by atoms with Crippen LogP contribution < -0.4 is 5.32 Å². The summed E-state index contributed by atoms with van der Waals surface area (Å²) < 4.78 is 2.06. The van der Waals surface area contributed by atoms with Crippen molar-refractivity contribution in [1.29, 1.82) is 0 Å². The Bertz CT molecular complexity index is 778. The summed E-state index contributed by atoms with van der Waals surface area (Å²) in [7, 11) is 0. The zero-order valence-corrected chi connectivity index (χ0v) is 16.2. The van der Waals surface area contributed by atoms with Gasteiger partial charge in [-0.1, -0.05) is 19.1 Å². The summed E-state index contributed by atoms with van der Waals surface area (Å²) in [6.07, 6.45) is 6.41. The van der Waals surface area contributed by atoms with Crippen LogP contribution in [-0.4, -0.2) is 45.9 Å². The van der Waals surface area contributed by atoms with Gasteiger partial charge in [0.15, 0.2) is 0 Å². The van der Waals surface area contributed by atoms with Crippen LogP contribution in [0.25, 0.3) is 11.0 Å². The largest absolute Gasteiger partial charge is 0.356 e. The van der Waals surface area contributed by atoms with Crippen molar-refractivity contribution in [3.8, 4) is 0 Å². The van der Waals surface area contributed by atoms with E-state index in [0.29, 0.717) is 19.5 Å². The Kier molecular flexibility index (Phi) is 6.85. The van der Waals surface area contributed by atoms with E-state index >= 15 is 0 Å². The fourth-order valence-corrected chi connectivity index (χ4v) is 3.66. The number of imidazole rings is 1. The summed E-state index contributed by atoms with van der Waals surface area (Å²) in [5, 5.41) is 2.95. The van der Waals surface area contributed by atoms with Crippen molar-refractivity contribution in [2.24, 2.45) is 0 Å². The lowest BCUT2D eigenvalue weighted by Gasteiger charge is -2.27. The van der Waals surface area contributed by atoms with Gasteiger partial charge < -0.3 is 14.8 Å². The summed E-state index contributed by atoms with van der Waals surface area (Å²) in [6, 6.07) is 7.98. The van der Waals surface area contributed by atoms with E-state index in [1.54, 1.807) is 0 Å². The number of likely N-dealkylation sites (tertiary alicyclic amines) is 1. The van der Waals surface area contributed by atoms with Gasteiger partial charge in [-0.3, -0.25) is 9.59 Å². The van der Waals surface area contributed by atoms with E-state index in [-0.39, 0.29) is 11.8 Å². The fraction of sp³-hybridized carbons (Fsp3) is 0.571. The van der Waals surface area contributed by atoms with E-state index in [9.17, 15) is 9.59 Å². The maximum absolute atomic E-state index is 12.8. The first-order chi connectivity index (χ1) is 13.2. The number of hydrogen-bond donors (Lipinski definition) is 1. The summed E-state index contributed by atoms with van der Waals surface area (Å²) in [5.74, 6) is 1.20. The van der Waals surface area contributed by atoms with Crippen molar-refractivity contribution >= 4 is 22.8 Å². The number of hydrogen-bond acceptors (Lipinski definition) is 3. The van der Waals surface area contributed by atoms with Crippen molar-refractivity contribution in [2.75, 3.05) is 19.6 Å². The van der Waals surface area contributed by atoms with Gasteiger partial charge in [0.2, 0.25) is 11.8 Å².